The van der Waals surface area contributed by atoms with E-state index in [9.17, 15) is 9.59 Å². The Bertz CT molecular complexity index is 427. The largest absolute Gasteiger partial charge is 0.480 e. The molecule has 0 aliphatic carbocycles. The number of hydrogen-bond donors (Lipinski definition) is 2. The van der Waals surface area contributed by atoms with Crippen LogP contribution in [0.3, 0.4) is 0 Å². The lowest BCUT2D eigenvalue weighted by Gasteiger charge is -2.12. The molecular weight excluding hydrogens is 278 g/mol. The molecule has 0 fully saturated rings. The molecule has 6 nitrogen and oxygen atoms in total. The minimum atomic E-state index is -1.06. The highest BCUT2D eigenvalue weighted by atomic mass is 35.5. The number of hydrogen-bond acceptors (Lipinski definition) is 5. The van der Waals surface area contributed by atoms with Gasteiger partial charge in [0.25, 0.3) is 0 Å². The van der Waals surface area contributed by atoms with Crippen molar-refractivity contribution in [3.8, 4) is 0 Å². The van der Waals surface area contributed by atoms with E-state index in [2.05, 4.69) is 15.3 Å². The van der Waals surface area contributed by atoms with E-state index >= 15 is 0 Å². The molecule has 18 heavy (non-hydrogen) atoms. The van der Waals surface area contributed by atoms with Crippen molar-refractivity contribution >= 4 is 35.2 Å². The van der Waals surface area contributed by atoms with Gasteiger partial charge in [-0.2, -0.15) is 11.8 Å². The quantitative estimate of drug-likeness (QED) is 0.810. The van der Waals surface area contributed by atoms with Crippen molar-refractivity contribution in [2.45, 2.75) is 18.7 Å². The summed E-state index contributed by atoms with van der Waals surface area (Å²) >= 11 is 6.94. The van der Waals surface area contributed by atoms with E-state index in [0.717, 1.165) is 0 Å². The van der Waals surface area contributed by atoms with Crippen LogP contribution in [0, 0.1) is 0 Å². The van der Waals surface area contributed by atoms with Crippen molar-refractivity contribution in [3.63, 3.8) is 0 Å². The fraction of sp³-hybridized carbons (Fsp3) is 0.400. The smallest absolute Gasteiger partial charge is 0.327 e. The van der Waals surface area contributed by atoms with Gasteiger partial charge in [0.2, 0.25) is 5.91 Å². The third-order valence-electron chi connectivity index (χ3n) is 1.88. The van der Waals surface area contributed by atoms with E-state index in [0.29, 0.717) is 16.6 Å². The van der Waals surface area contributed by atoms with E-state index in [1.54, 1.807) is 0 Å². The molecule has 0 aliphatic heterocycles. The first-order valence-corrected chi connectivity index (χ1v) is 6.56. The number of aromatic nitrogens is 2. The van der Waals surface area contributed by atoms with Crippen molar-refractivity contribution in [1.29, 1.82) is 0 Å². The molecule has 1 aromatic heterocycles. The second kappa shape index (κ2) is 7.17. The molecule has 0 unspecified atom stereocenters. The van der Waals surface area contributed by atoms with Gasteiger partial charge in [0.1, 0.15) is 11.2 Å². The average molecular weight is 290 g/mol. The van der Waals surface area contributed by atoms with Crippen LogP contribution in [-0.2, 0) is 15.3 Å². The summed E-state index contributed by atoms with van der Waals surface area (Å²) < 4.78 is 0. The van der Waals surface area contributed by atoms with Crippen LogP contribution in [0.4, 0.5) is 0 Å². The van der Waals surface area contributed by atoms with Crippen molar-refractivity contribution in [1.82, 2.24) is 15.3 Å². The Balaban J connectivity index is 2.41. The molecule has 8 heteroatoms. The molecule has 1 atom stereocenters. The van der Waals surface area contributed by atoms with Gasteiger partial charge >= 0.3 is 5.97 Å². The van der Waals surface area contributed by atoms with Crippen molar-refractivity contribution in [2.24, 2.45) is 0 Å². The number of rotatable bonds is 6. The Hall–Kier alpha value is -1.34. The maximum Gasteiger partial charge on any atom is 0.327 e. The average Bonchev–Trinajstić information content (AvgIpc) is 2.29. The van der Waals surface area contributed by atoms with Gasteiger partial charge in [0, 0.05) is 18.4 Å². The standard InChI is InChI=1S/C10H12ClN3O3S/c1-6(15)14-8(10(16)17)5-18-4-7-2-13-9(11)3-12-7/h2-3,8H,4-5H2,1H3,(H,14,15)(H,16,17)/t8-/m0/s1. The number of thioether (sulfide) groups is 1. The fourth-order valence-electron chi connectivity index (χ4n) is 1.11. The third kappa shape index (κ3) is 5.33. The van der Waals surface area contributed by atoms with Gasteiger partial charge in [-0.1, -0.05) is 11.6 Å². The Labute approximate surface area is 113 Å². The van der Waals surface area contributed by atoms with Gasteiger partial charge in [-0.05, 0) is 0 Å². The molecule has 2 N–H and O–H groups in total. The molecule has 0 saturated heterocycles. The molecule has 0 aliphatic rings. The van der Waals surface area contributed by atoms with Crippen LogP contribution < -0.4 is 5.32 Å². The van der Waals surface area contributed by atoms with E-state index in [1.807, 2.05) is 0 Å². The number of carboxylic acids is 1. The number of amides is 1. The molecular formula is C10H12ClN3O3S. The van der Waals surface area contributed by atoms with Crippen molar-refractivity contribution in [3.05, 3.63) is 23.2 Å². The second-order valence-corrected chi connectivity index (χ2v) is 4.85. The Morgan fingerprint density at radius 1 is 1.50 bits per heavy atom. The molecule has 0 saturated carbocycles. The Morgan fingerprint density at radius 3 is 2.72 bits per heavy atom. The minimum absolute atomic E-state index is 0.263. The number of aliphatic carboxylic acids is 1. The summed E-state index contributed by atoms with van der Waals surface area (Å²) in [7, 11) is 0. The van der Waals surface area contributed by atoms with Crippen LogP contribution in [0.15, 0.2) is 12.4 Å². The number of halogens is 1. The predicted octanol–water partition coefficient (Wildman–Crippen LogP) is 0.952. The van der Waals surface area contributed by atoms with E-state index < -0.39 is 12.0 Å². The summed E-state index contributed by atoms with van der Waals surface area (Å²) in [5.41, 5.74) is 0.705. The highest BCUT2D eigenvalue weighted by Crippen LogP contribution is 2.12. The first kappa shape index (κ1) is 14.7. The zero-order valence-electron chi connectivity index (χ0n) is 9.59. The molecule has 0 spiro atoms. The fourth-order valence-corrected chi connectivity index (χ4v) is 2.15. The molecule has 98 valence electrons. The summed E-state index contributed by atoms with van der Waals surface area (Å²) in [4.78, 5) is 29.6. The summed E-state index contributed by atoms with van der Waals surface area (Å²) in [6, 6.07) is -0.896. The first-order chi connectivity index (χ1) is 8.49. The second-order valence-electron chi connectivity index (χ2n) is 3.44. The van der Waals surface area contributed by atoms with Crippen LogP contribution in [0.1, 0.15) is 12.6 Å². The van der Waals surface area contributed by atoms with E-state index in [-0.39, 0.29) is 11.7 Å². The highest BCUT2D eigenvalue weighted by Gasteiger charge is 2.18. The number of nitrogens with one attached hydrogen (secondary N) is 1. The van der Waals surface area contributed by atoms with Gasteiger partial charge in [-0.25, -0.2) is 9.78 Å². The molecule has 1 aromatic rings. The van der Waals surface area contributed by atoms with Crippen molar-refractivity contribution < 1.29 is 14.7 Å². The Kier molecular flexibility index (Phi) is 5.87. The predicted molar refractivity (Wildman–Crippen MR) is 68.4 cm³/mol. The maximum absolute atomic E-state index is 10.8. The number of carbonyl (C=O) groups excluding carboxylic acids is 1. The monoisotopic (exact) mass is 289 g/mol. The summed E-state index contributed by atoms with van der Waals surface area (Å²) in [6.07, 6.45) is 2.96. The summed E-state index contributed by atoms with van der Waals surface area (Å²) in [5.74, 6) is -0.651. The molecule has 1 heterocycles. The lowest BCUT2D eigenvalue weighted by atomic mass is 10.3. The van der Waals surface area contributed by atoms with Crippen LogP contribution in [0.5, 0.6) is 0 Å². The van der Waals surface area contributed by atoms with Crippen LogP contribution in [-0.4, -0.2) is 38.7 Å². The van der Waals surface area contributed by atoms with Crippen LogP contribution in [0.2, 0.25) is 5.15 Å². The van der Waals surface area contributed by atoms with Gasteiger partial charge in [0.05, 0.1) is 18.1 Å². The van der Waals surface area contributed by atoms with E-state index in [1.165, 1.54) is 31.1 Å². The summed E-state index contributed by atoms with van der Waals surface area (Å²) in [5, 5.41) is 11.6. The van der Waals surface area contributed by atoms with Gasteiger partial charge in [-0.15, -0.1) is 0 Å². The van der Waals surface area contributed by atoms with E-state index in [4.69, 9.17) is 16.7 Å². The number of nitrogens with zero attached hydrogens (tertiary/aromatic N) is 2. The Morgan fingerprint density at radius 2 is 2.22 bits per heavy atom. The topological polar surface area (TPSA) is 92.2 Å². The molecule has 1 rings (SSSR count). The van der Waals surface area contributed by atoms with Crippen LogP contribution >= 0.6 is 23.4 Å². The SMILES string of the molecule is CC(=O)N[C@@H](CSCc1cnc(Cl)cn1)C(=O)O. The minimum Gasteiger partial charge on any atom is -0.480 e. The highest BCUT2D eigenvalue weighted by molar-refractivity contribution is 7.98. The molecule has 1 amide bonds. The first-order valence-electron chi connectivity index (χ1n) is 5.03. The maximum atomic E-state index is 10.8. The van der Waals surface area contributed by atoms with Crippen LogP contribution in [0.25, 0.3) is 0 Å². The van der Waals surface area contributed by atoms with Gasteiger partial charge < -0.3 is 10.4 Å². The number of carboxylic acid groups (broad SMARTS) is 1. The van der Waals surface area contributed by atoms with Crippen molar-refractivity contribution in [2.75, 3.05) is 5.75 Å². The normalized spacial score (nSPS) is 11.9. The van der Waals surface area contributed by atoms with Gasteiger partial charge in [0.15, 0.2) is 0 Å². The molecule has 0 aromatic carbocycles. The lowest BCUT2D eigenvalue weighted by molar-refractivity contribution is -0.140. The van der Waals surface area contributed by atoms with Gasteiger partial charge in [-0.3, -0.25) is 9.78 Å². The lowest BCUT2D eigenvalue weighted by Crippen LogP contribution is -2.41. The summed E-state index contributed by atoms with van der Waals surface area (Å²) in [6.45, 7) is 1.28. The zero-order valence-corrected chi connectivity index (χ0v) is 11.2. The molecule has 0 bridgehead atoms. The number of carbonyl (C=O) groups is 2. The third-order valence-corrected chi connectivity index (χ3v) is 3.15. The zero-order chi connectivity index (χ0) is 13.5. The molecule has 0 radical (unpaired) electrons.